The molecule has 0 fully saturated rings. The summed E-state index contributed by atoms with van der Waals surface area (Å²) >= 11 is 0. The summed E-state index contributed by atoms with van der Waals surface area (Å²) in [5.74, 6) is 0.754. The van der Waals surface area contributed by atoms with Crippen LogP contribution in [0.25, 0.3) is 5.82 Å². The monoisotopic (exact) mass is 279 g/mol. The van der Waals surface area contributed by atoms with Gasteiger partial charge in [-0.2, -0.15) is 5.10 Å². The third-order valence-corrected chi connectivity index (χ3v) is 3.39. The number of nitrogens with zero attached hydrogens (tertiary/aromatic N) is 4. The molecule has 106 valence electrons. The van der Waals surface area contributed by atoms with Crippen molar-refractivity contribution in [1.29, 1.82) is 0 Å². The van der Waals surface area contributed by atoms with Gasteiger partial charge in [-0.3, -0.25) is 0 Å². The highest BCUT2D eigenvalue weighted by Crippen LogP contribution is 2.14. The molecule has 0 aliphatic carbocycles. The third kappa shape index (κ3) is 3.08. The Morgan fingerprint density at radius 3 is 2.76 bits per heavy atom. The summed E-state index contributed by atoms with van der Waals surface area (Å²) in [6.45, 7) is 5.03. The minimum atomic E-state index is 0.754. The van der Waals surface area contributed by atoms with Gasteiger partial charge in [0, 0.05) is 6.54 Å². The fourth-order valence-electron chi connectivity index (χ4n) is 2.14. The molecule has 0 saturated carbocycles. The van der Waals surface area contributed by atoms with Crippen LogP contribution >= 0.6 is 0 Å². The van der Waals surface area contributed by atoms with Gasteiger partial charge in [0.15, 0.2) is 5.82 Å². The zero-order valence-electron chi connectivity index (χ0n) is 12.1. The molecule has 1 aromatic carbocycles. The smallest absolute Gasteiger partial charge is 0.155 e. The van der Waals surface area contributed by atoms with Gasteiger partial charge < -0.3 is 5.32 Å². The van der Waals surface area contributed by atoms with E-state index in [2.05, 4.69) is 52.4 Å². The number of aromatic nitrogens is 4. The molecular formula is C16H17N5. The molecule has 5 nitrogen and oxygen atoms in total. The van der Waals surface area contributed by atoms with Crippen molar-refractivity contribution in [1.82, 2.24) is 19.7 Å². The van der Waals surface area contributed by atoms with E-state index >= 15 is 0 Å². The lowest BCUT2D eigenvalue weighted by atomic mass is 10.1. The quantitative estimate of drug-likeness (QED) is 0.798. The van der Waals surface area contributed by atoms with Gasteiger partial charge in [-0.25, -0.2) is 14.6 Å². The average molecular weight is 279 g/mol. The Balaban J connectivity index is 1.70. The molecule has 0 amide bonds. The maximum atomic E-state index is 4.37. The van der Waals surface area contributed by atoms with Gasteiger partial charge in [0.05, 0.1) is 11.9 Å². The van der Waals surface area contributed by atoms with Crippen molar-refractivity contribution in [2.45, 2.75) is 20.4 Å². The van der Waals surface area contributed by atoms with E-state index in [1.54, 1.807) is 11.0 Å². The third-order valence-electron chi connectivity index (χ3n) is 3.39. The Bertz CT molecular complexity index is 717. The lowest BCUT2D eigenvalue weighted by molar-refractivity contribution is 0.845. The summed E-state index contributed by atoms with van der Waals surface area (Å²) < 4.78 is 1.63. The molecule has 3 aromatic rings. The van der Waals surface area contributed by atoms with Gasteiger partial charge in [0.2, 0.25) is 0 Å². The van der Waals surface area contributed by atoms with E-state index in [1.807, 2.05) is 18.3 Å². The van der Waals surface area contributed by atoms with Crippen molar-refractivity contribution in [3.05, 3.63) is 65.9 Å². The largest absolute Gasteiger partial charge is 0.380 e. The van der Waals surface area contributed by atoms with Crippen LogP contribution in [0.5, 0.6) is 0 Å². The summed E-state index contributed by atoms with van der Waals surface area (Å²) in [4.78, 5) is 8.28. The Kier molecular flexibility index (Phi) is 3.64. The first-order valence-electron chi connectivity index (χ1n) is 6.83. The van der Waals surface area contributed by atoms with Gasteiger partial charge in [-0.1, -0.05) is 23.8 Å². The van der Waals surface area contributed by atoms with Crippen LogP contribution in [0.1, 0.15) is 16.7 Å². The first-order chi connectivity index (χ1) is 10.2. The second-order valence-electron chi connectivity index (χ2n) is 5.03. The zero-order valence-corrected chi connectivity index (χ0v) is 12.1. The highest BCUT2D eigenvalue weighted by molar-refractivity contribution is 5.45. The minimum Gasteiger partial charge on any atom is -0.380 e. The van der Waals surface area contributed by atoms with Gasteiger partial charge in [0.1, 0.15) is 12.7 Å². The van der Waals surface area contributed by atoms with Crippen molar-refractivity contribution in [2.75, 3.05) is 5.32 Å². The average Bonchev–Trinajstić information content (AvgIpc) is 3.03. The van der Waals surface area contributed by atoms with Crippen LogP contribution in [0.3, 0.4) is 0 Å². The van der Waals surface area contributed by atoms with Crippen LogP contribution in [0, 0.1) is 13.8 Å². The van der Waals surface area contributed by atoms with E-state index < -0.39 is 0 Å². The molecule has 2 aromatic heterocycles. The predicted molar refractivity (Wildman–Crippen MR) is 82.4 cm³/mol. The molecule has 0 bridgehead atoms. The van der Waals surface area contributed by atoms with E-state index in [-0.39, 0.29) is 0 Å². The van der Waals surface area contributed by atoms with Gasteiger partial charge in [-0.15, -0.1) is 0 Å². The van der Waals surface area contributed by atoms with E-state index in [0.29, 0.717) is 0 Å². The lowest BCUT2D eigenvalue weighted by Gasteiger charge is -2.10. The Labute approximate surface area is 123 Å². The molecule has 0 aliphatic heterocycles. The van der Waals surface area contributed by atoms with Crippen molar-refractivity contribution in [3.8, 4) is 5.82 Å². The van der Waals surface area contributed by atoms with E-state index in [9.17, 15) is 0 Å². The maximum Gasteiger partial charge on any atom is 0.155 e. The Morgan fingerprint density at radius 1 is 1.14 bits per heavy atom. The van der Waals surface area contributed by atoms with Crippen LogP contribution in [0.15, 0.2) is 49.2 Å². The summed E-state index contributed by atoms with van der Waals surface area (Å²) in [5.41, 5.74) is 4.85. The summed E-state index contributed by atoms with van der Waals surface area (Å²) in [5, 5.41) is 7.45. The summed E-state index contributed by atoms with van der Waals surface area (Å²) in [6, 6.07) is 10.4. The normalized spacial score (nSPS) is 10.6. The lowest BCUT2D eigenvalue weighted by Crippen LogP contribution is -2.03. The fourth-order valence-corrected chi connectivity index (χ4v) is 2.14. The molecule has 0 atom stereocenters. The fraction of sp³-hybridized carbons (Fsp3) is 0.188. The summed E-state index contributed by atoms with van der Waals surface area (Å²) in [6.07, 6.45) is 4.93. The van der Waals surface area contributed by atoms with Gasteiger partial charge >= 0.3 is 0 Å². The van der Waals surface area contributed by atoms with Crippen molar-refractivity contribution in [3.63, 3.8) is 0 Å². The van der Waals surface area contributed by atoms with Crippen LogP contribution < -0.4 is 5.32 Å². The Hall–Kier alpha value is -2.69. The van der Waals surface area contributed by atoms with Crippen LogP contribution in [-0.4, -0.2) is 19.7 Å². The zero-order chi connectivity index (χ0) is 14.7. The standard InChI is InChI=1S/C16H17N5/c1-12-3-4-13(2)14(7-12)8-18-15-5-6-16(19-9-15)21-11-17-10-20-21/h3-7,9-11,18H,8H2,1-2H3. The Morgan fingerprint density at radius 2 is 2.05 bits per heavy atom. The molecule has 0 unspecified atom stereocenters. The second-order valence-corrected chi connectivity index (χ2v) is 5.03. The van der Waals surface area contributed by atoms with Crippen LogP contribution in [0.4, 0.5) is 5.69 Å². The van der Waals surface area contributed by atoms with E-state index in [0.717, 1.165) is 18.1 Å². The number of benzene rings is 1. The first-order valence-corrected chi connectivity index (χ1v) is 6.83. The number of pyridine rings is 1. The number of aryl methyl sites for hydroxylation is 2. The molecule has 0 aliphatic rings. The topological polar surface area (TPSA) is 55.6 Å². The van der Waals surface area contributed by atoms with Crippen molar-refractivity contribution in [2.24, 2.45) is 0 Å². The first kappa shape index (κ1) is 13.3. The molecule has 0 saturated heterocycles. The number of hydrogen-bond donors (Lipinski definition) is 1. The molecule has 5 heteroatoms. The number of hydrogen-bond acceptors (Lipinski definition) is 4. The highest BCUT2D eigenvalue weighted by Gasteiger charge is 2.01. The van der Waals surface area contributed by atoms with Crippen LogP contribution in [-0.2, 0) is 6.54 Å². The number of nitrogens with one attached hydrogen (secondary N) is 1. The molecule has 21 heavy (non-hydrogen) atoms. The maximum absolute atomic E-state index is 4.37. The SMILES string of the molecule is Cc1ccc(C)c(CNc2ccc(-n3cncn3)nc2)c1. The second kappa shape index (κ2) is 5.75. The molecular weight excluding hydrogens is 262 g/mol. The number of anilines is 1. The van der Waals surface area contributed by atoms with Gasteiger partial charge in [0.25, 0.3) is 0 Å². The predicted octanol–water partition coefficient (Wildman–Crippen LogP) is 2.89. The minimum absolute atomic E-state index is 0.754. The molecule has 1 N–H and O–H groups in total. The molecule has 0 radical (unpaired) electrons. The van der Waals surface area contributed by atoms with Gasteiger partial charge in [-0.05, 0) is 37.1 Å². The molecule has 2 heterocycles. The van der Waals surface area contributed by atoms with E-state index in [4.69, 9.17) is 0 Å². The summed E-state index contributed by atoms with van der Waals surface area (Å²) in [7, 11) is 0. The molecule has 3 rings (SSSR count). The van der Waals surface area contributed by atoms with Crippen LogP contribution in [0.2, 0.25) is 0 Å². The molecule has 0 spiro atoms. The van der Waals surface area contributed by atoms with Crippen molar-refractivity contribution < 1.29 is 0 Å². The highest BCUT2D eigenvalue weighted by atomic mass is 15.3. The number of rotatable bonds is 4. The van der Waals surface area contributed by atoms with E-state index in [1.165, 1.54) is 23.0 Å². The van der Waals surface area contributed by atoms with Crippen molar-refractivity contribution >= 4 is 5.69 Å².